The first kappa shape index (κ1) is 18.1. The first-order chi connectivity index (χ1) is 9.77. The summed E-state index contributed by atoms with van der Waals surface area (Å²) in [6.07, 6.45) is 0. The van der Waals surface area contributed by atoms with Gasteiger partial charge in [0.05, 0.1) is 13.2 Å². The molecule has 118 valence electrons. The van der Waals surface area contributed by atoms with E-state index in [4.69, 9.17) is 33.7 Å². The summed E-state index contributed by atoms with van der Waals surface area (Å²) in [4.78, 5) is 4.39. The van der Waals surface area contributed by atoms with Gasteiger partial charge in [-0.1, -0.05) is 43.1 Å². The summed E-state index contributed by atoms with van der Waals surface area (Å²) in [6, 6.07) is 5.59. The van der Waals surface area contributed by atoms with Crippen molar-refractivity contribution < 1.29 is 4.74 Å². The molecule has 21 heavy (non-hydrogen) atoms. The molecule has 0 aliphatic carbocycles. The number of guanidine groups is 1. The summed E-state index contributed by atoms with van der Waals surface area (Å²) in [5.41, 5.74) is 6.45. The summed E-state index contributed by atoms with van der Waals surface area (Å²) < 4.78 is 5.04. The first-order valence-corrected chi connectivity index (χ1v) is 7.53. The highest BCUT2D eigenvalue weighted by molar-refractivity contribution is 6.36. The molecule has 0 saturated heterocycles. The van der Waals surface area contributed by atoms with Crippen LogP contribution in [0.5, 0.6) is 0 Å². The molecule has 0 saturated carbocycles. The van der Waals surface area contributed by atoms with Crippen LogP contribution in [0.1, 0.15) is 26.3 Å². The van der Waals surface area contributed by atoms with E-state index in [0.717, 1.165) is 5.56 Å². The summed E-state index contributed by atoms with van der Waals surface area (Å²) in [5.74, 6) is 0.385. The van der Waals surface area contributed by atoms with Gasteiger partial charge in [-0.2, -0.15) is 0 Å². The Morgan fingerprint density at radius 2 is 1.95 bits per heavy atom. The van der Waals surface area contributed by atoms with Gasteiger partial charge in [-0.3, -0.25) is 4.99 Å². The van der Waals surface area contributed by atoms with Crippen LogP contribution in [0.4, 0.5) is 0 Å². The van der Waals surface area contributed by atoms with Crippen LogP contribution in [0.2, 0.25) is 10.0 Å². The molecule has 0 heterocycles. The van der Waals surface area contributed by atoms with E-state index in [1.165, 1.54) is 0 Å². The first-order valence-electron chi connectivity index (χ1n) is 6.78. The molecular weight excluding hydrogens is 309 g/mol. The van der Waals surface area contributed by atoms with Crippen molar-refractivity contribution in [2.24, 2.45) is 10.7 Å². The second-order valence-electron chi connectivity index (χ2n) is 5.68. The lowest BCUT2D eigenvalue weighted by Crippen LogP contribution is -2.41. The minimum atomic E-state index is -0.313. The van der Waals surface area contributed by atoms with Gasteiger partial charge in [0.25, 0.3) is 0 Å². The van der Waals surface area contributed by atoms with Gasteiger partial charge in [-0.15, -0.1) is 0 Å². The van der Waals surface area contributed by atoms with Crippen molar-refractivity contribution in [1.29, 1.82) is 0 Å². The third-order valence-electron chi connectivity index (χ3n) is 3.10. The fourth-order valence-electron chi connectivity index (χ4n) is 2.10. The van der Waals surface area contributed by atoms with Gasteiger partial charge in [0.1, 0.15) is 0 Å². The Morgan fingerprint density at radius 3 is 2.48 bits per heavy atom. The van der Waals surface area contributed by atoms with Gasteiger partial charge in [0, 0.05) is 28.6 Å². The second-order valence-corrected chi connectivity index (χ2v) is 6.50. The largest absolute Gasteiger partial charge is 0.383 e. The molecular formula is C15H23Cl2N3O. The molecule has 0 radical (unpaired) electrons. The number of nitrogens with one attached hydrogen (secondary N) is 1. The predicted molar refractivity (Wildman–Crippen MR) is 90.5 cm³/mol. The monoisotopic (exact) mass is 331 g/mol. The molecule has 4 nitrogen and oxygen atoms in total. The van der Waals surface area contributed by atoms with E-state index in [9.17, 15) is 0 Å². The fraction of sp³-hybridized carbons (Fsp3) is 0.533. The molecule has 0 fully saturated rings. The minimum Gasteiger partial charge on any atom is -0.383 e. The fourth-order valence-corrected chi connectivity index (χ4v) is 3.01. The van der Waals surface area contributed by atoms with Crippen molar-refractivity contribution in [3.8, 4) is 0 Å². The minimum absolute atomic E-state index is 0.103. The number of hydrogen-bond acceptors (Lipinski definition) is 2. The lowest BCUT2D eigenvalue weighted by atomic mass is 9.84. The highest BCUT2D eigenvalue weighted by atomic mass is 35.5. The Morgan fingerprint density at radius 1 is 1.38 bits per heavy atom. The molecule has 0 spiro atoms. The van der Waals surface area contributed by atoms with E-state index in [1.54, 1.807) is 7.11 Å². The van der Waals surface area contributed by atoms with Crippen molar-refractivity contribution in [2.75, 3.05) is 20.3 Å². The smallest absolute Gasteiger partial charge is 0.188 e. The number of ether oxygens (including phenoxy) is 1. The zero-order valence-electron chi connectivity index (χ0n) is 12.9. The number of nitrogens with zero attached hydrogens (tertiary/aromatic N) is 1. The maximum absolute atomic E-state index is 6.26. The van der Waals surface area contributed by atoms with E-state index >= 15 is 0 Å². The number of hydrogen-bond donors (Lipinski definition) is 2. The number of halogens is 2. The molecule has 3 N–H and O–H groups in total. The van der Waals surface area contributed by atoms with Crippen LogP contribution in [-0.2, 0) is 10.2 Å². The molecule has 0 aliphatic rings. The standard InChI is InChI=1S/C15H23Cl2N3O/c1-10(8-21-4)20-14(18)19-9-15(2,3)13-11(16)6-5-7-12(13)17/h5-7,10H,8-9H2,1-4H3,(H3,18,19,20). The average molecular weight is 332 g/mol. The molecule has 0 aliphatic heterocycles. The third kappa shape index (κ3) is 5.38. The number of aliphatic imine (C=N–C) groups is 1. The molecule has 0 aromatic heterocycles. The van der Waals surface area contributed by atoms with Crippen LogP contribution in [0.25, 0.3) is 0 Å². The van der Waals surface area contributed by atoms with Crippen molar-refractivity contribution in [3.05, 3.63) is 33.8 Å². The molecule has 1 aromatic rings. The van der Waals surface area contributed by atoms with Gasteiger partial charge in [0.2, 0.25) is 0 Å². The predicted octanol–water partition coefficient (Wildman–Crippen LogP) is 3.21. The average Bonchev–Trinajstić information content (AvgIpc) is 2.36. The Hall–Kier alpha value is -0.970. The lowest BCUT2D eigenvalue weighted by molar-refractivity contribution is 0.179. The topological polar surface area (TPSA) is 59.6 Å². The lowest BCUT2D eigenvalue weighted by Gasteiger charge is -2.26. The zero-order valence-corrected chi connectivity index (χ0v) is 14.4. The van der Waals surface area contributed by atoms with Crippen molar-refractivity contribution >= 4 is 29.2 Å². The SMILES string of the molecule is COCC(C)NC(N)=NCC(C)(C)c1c(Cl)cccc1Cl. The number of nitrogens with two attached hydrogens (primary N) is 1. The van der Waals surface area contributed by atoms with Gasteiger partial charge in [-0.05, 0) is 24.6 Å². The summed E-state index contributed by atoms with van der Waals surface area (Å²) >= 11 is 12.5. The normalized spacial score (nSPS) is 14.1. The third-order valence-corrected chi connectivity index (χ3v) is 3.73. The molecule has 1 rings (SSSR count). The van der Waals surface area contributed by atoms with E-state index in [0.29, 0.717) is 29.2 Å². The van der Waals surface area contributed by atoms with Gasteiger partial charge < -0.3 is 15.8 Å². The summed E-state index contributed by atoms with van der Waals surface area (Å²) in [7, 11) is 1.65. The van der Waals surface area contributed by atoms with Crippen molar-refractivity contribution in [2.45, 2.75) is 32.2 Å². The van der Waals surface area contributed by atoms with Gasteiger partial charge in [-0.25, -0.2) is 0 Å². The molecule has 0 bridgehead atoms. The second kappa shape index (κ2) is 7.87. The van der Waals surface area contributed by atoms with Gasteiger partial charge in [0.15, 0.2) is 5.96 Å². The number of rotatable bonds is 6. The summed E-state index contributed by atoms with van der Waals surface area (Å²) in [6.45, 7) is 7.10. The Kier molecular flexibility index (Phi) is 6.78. The zero-order chi connectivity index (χ0) is 16.0. The number of methoxy groups -OCH3 is 1. The van der Waals surface area contributed by atoms with Crippen LogP contribution in [0, 0.1) is 0 Å². The van der Waals surface area contributed by atoms with Crippen LogP contribution < -0.4 is 11.1 Å². The van der Waals surface area contributed by atoms with Crippen LogP contribution >= 0.6 is 23.2 Å². The Balaban J connectivity index is 2.81. The maximum Gasteiger partial charge on any atom is 0.188 e. The van der Waals surface area contributed by atoms with Gasteiger partial charge >= 0.3 is 0 Å². The maximum atomic E-state index is 6.26. The van der Waals surface area contributed by atoms with Crippen molar-refractivity contribution in [3.63, 3.8) is 0 Å². The molecule has 1 aromatic carbocycles. The van der Waals surface area contributed by atoms with E-state index in [1.807, 2.05) is 39.0 Å². The Labute approximate surface area is 136 Å². The summed E-state index contributed by atoms with van der Waals surface area (Å²) in [5, 5.41) is 4.35. The van der Waals surface area contributed by atoms with E-state index in [2.05, 4.69) is 10.3 Å². The van der Waals surface area contributed by atoms with E-state index in [-0.39, 0.29) is 11.5 Å². The van der Waals surface area contributed by atoms with Crippen LogP contribution in [0.15, 0.2) is 23.2 Å². The quantitative estimate of drug-likeness (QED) is 0.621. The van der Waals surface area contributed by atoms with Crippen molar-refractivity contribution in [1.82, 2.24) is 5.32 Å². The number of benzene rings is 1. The highest BCUT2D eigenvalue weighted by Crippen LogP contribution is 2.35. The molecule has 1 unspecified atom stereocenters. The molecule has 6 heteroatoms. The van der Waals surface area contributed by atoms with Crippen LogP contribution in [0.3, 0.4) is 0 Å². The highest BCUT2D eigenvalue weighted by Gasteiger charge is 2.25. The Bertz CT molecular complexity index is 483. The van der Waals surface area contributed by atoms with Crippen LogP contribution in [-0.4, -0.2) is 32.3 Å². The molecule has 0 amide bonds. The van der Waals surface area contributed by atoms with E-state index < -0.39 is 0 Å². The molecule has 1 atom stereocenters.